The molecule has 0 unspecified atom stereocenters. The highest BCUT2D eigenvalue weighted by Crippen LogP contribution is 2.28. The largest absolute Gasteiger partial charge is 0.305 e. The Bertz CT molecular complexity index is 1110. The summed E-state index contributed by atoms with van der Waals surface area (Å²) in [6.45, 7) is 0. The lowest BCUT2D eigenvalue weighted by Crippen LogP contribution is -2.27. The zero-order valence-electron chi connectivity index (χ0n) is 16.3. The summed E-state index contributed by atoms with van der Waals surface area (Å²) in [5.41, 5.74) is 1.96. The smallest absolute Gasteiger partial charge is 0.242 e. The summed E-state index contributed by atoms with van der Waals surface area (Å²) in [7, 11) is 1.76. The standard InChI is InChI=1S/C23H19FN4OS/c1-27-22(19-14-8-9-15-20(19)24)25-26-23(27)30-16-21(29)28(17-10-4-2-5-11-17)18-12-6-3-7-13-18/h2-15H,16H2,1H3. The predicted octanol–water partition coefficient (Wildman–Crippen LogP) is 5.08. The Hall–Kier alpha value is -3.45. The number of carbonyl (C=O) groups is 1. The first kappa shape index (κ1) is 19.8. The molecule has 150 valence electrons. The van der Waals surface area contributed by atoms with Gasteiger partial charge in [-0.25, -0.2) is 4.39 Å². The van der Waals surface area contributed by atoms with Crippen molar-refractivity contribution in [2.24, 2.45) is 7.05 Å². The van der Waals surface area contributed by atoms with Crippen LogP contribution in [0.2, 0.25) is 0 Å². The van der Waals surface area contributed by atoms with Gasteiger partial charge < -0.3 is 4.57 Å². The van der Waals surface area contributed by atoms with Gasteiger partial charge in [-0.1, -0.05) is 60.3 Å². The van der Waals surface area contributed by atoms with Crippen LogP contribution >= 0.6 is 11.8 Å². The maximum atomic E-state index is 14.1. The number of nitrogens with zero attached hydrogens (tertiary/aromatic N) is 4. The Morgan fingerprint density at radius 2 is 1.47 bits per heavy atom. The van der Waals surface area contributed by atoms with Crippen molar-refractivity contribution < 1.29 is 9.18 Å². The lowest BCUT2D eigenvalue weighted by molar-refractivity contribution is -0.115. The number of thioether (sulfide) groups is 1. The van der Waals surface area contributed by atoms with Gasteiger partial charge >= 0.3 is 0 Å². The van der Waals surface area contributed by atoms with Crippen molar-refractivity contribution in [3.05, 3.63) is 90.7 Å². The summed E-state index contributed by atoms with van der Waals surface area (Å²) < 4.78 is 15.8. The number of hydrogen-bond acceptors (Lipinski definition) is 4. The number of amides is 1. The summed E-state index contributed by atoms with van der Waals surface area (Å²) in [5.74, 6) is 0.131. The fourth-order valence-electron chi connectivity index (χ4n) is 3.10. The summed E-state index contributed by atoms with van der Waals surface area (Å²) in [6.07, 6.45) is 0. The summed E-state index contributed by atoms with van der Waals surface area (Å²) in [5, 5.41) is 8.81. The average molecular weight is 418 g/mol. The second-order valence-electron chi connectivity index (χ2n) is 6.53. The van der Waals surface area contributed by atoms with Crippen LogP contribution in [0, 0.1) is 5.82 Å². The van der Waals surface area contributed by atoms with E-state index in [0.29, 0.717) is 16.5 Å². The van der Waals surface area contributed by atoms with Crippen molar-refractivity contribution in [2.75, 3.05) is 10.7 Å². The Morgan fingerprint density at radius 1 is 0.900 bits per heavy atom. The normalized spacial score (nSPS) is 10.7. The van der Waals surface area contributed by atoms with Gasteiger partial charge in [-0.05, 0) is 36.4 Å². The summed E-state index contributed by atoms with van der Waals surface area (Å²) >= 11 is 1.27. The third kappa shape index (κ3) is 4.11. The topological polar surface area (TPSA) is 51.0 Å². The van der Waals surface area contributed by atoms with Crippen LogP contribution < -0.4 is 4.90 Å². The van der Waals surface area contributed by atoms with E-state index in [1.165, 1.54) is 17.8 Å². The number of para-hydroxylation sites is 2. The molecule has 0 radical (unpaired) electrons. The SMILES string of the molecule is Cn1c(SCC(=O)N(c2ccccc2)c2ccccc2)nnc1-c1ccccc1F. The van der Waals surface area contributed by atoms with Crippen molar-refractivity contribution in [2.45, 2.75) is 5.16 Å². The Balaban J connectivity index is 1.56. The Labute approximate surface area is 178 Å². The minimum atomic E-state index is -0.361. The van der Waals surface area contributed by atoms with E-state index >= 15 is 0 Å². The molecule has 4 aromatic rings. The molecular formula is C23H19FN4OS. The molecule has 0 aliphatic carbocycles. The molecule has 1 amide bonds. The second kappa shape index (κ2) is 8.92. The molecule has 0 aliphatic rings. The summed E-state index contributed by atoms with van der Waals surface area (Å²) in [4.78, 5) is 14.8. The van der Waals surface area contributed by atoms with Crippen LogP contribution in [-0.2, 0) is 11.8 Å². The molecule has 4 rings (SSSR count). The van der Waals surface area contributed by atoms with Crippen molar-refractivity contribution in [3.63, 3.8) is 0 Å². The van der Waals surface area contributed by atoms with Crippen LogP contribution in [0.3, 0.4) is 0 Å². The lowest BCUT2D eigenvalue weighted by atomic mass is 10.2. The number of benzene rings is 3. The van der Waals surface area contributed by atoms with Crippen LogP contribution in [-0.4, -0.2) is 26.4 Å². The first-order valence-electron chi connectivity index (χ1n) is 9.35. The number of rotatable bonds is 6. The van der Waals surface area contributed by atoms with E-state index in [0.717, 1.165) is 11.4 Å². The number of halogens is 1. The zero-order chi connectivity index (χ0) is 20.9. The molecule has 0 saturated carbocycles. The van der Waals surface area contributed by atoms with Crippen molar-refractivity contribution in [1.82, 2.24) is 14.8 Å². The van der Waals surface area contributed by atoms with Gasteiger partial charge in [-0.2, -0.15) is 0 Å². The van der Waals surface area contributed by atoms with Gasteiger partial charge in [0.25, 0.3) is 0 Å². The van der Waals surface area contributed by atoms with Gasteiger partial charge in [-0.3, -0.25) is 9.69 Å². The molecule has 0 saturated heterocycles. The van der Waals surface area contributed by atoms with Gasteiger partial charge in [-0.15, -0.1) is 10.2 Å². The monoisotopic (exact) mass is 418 g/mol. The van der Waals surface area contributed by atoms with Gasteiger partial charge in [0.2, 0.25) is 5.91 Å². The highest BCUT2D eigenvalue weighted by atomic mass is 32.2. The van der Waals surface area contributed by atoms with E-state index in [1.807, 2.05) is 60.7 Å². The highest BCUT2D eigenvalue weighted by molar-refractivity contribution is 7.99. The molecule has 1 heterocycles. The predicted molar refractivity (Wildman–Crippen MR) is 117 cm³/mol. The number of anilines is 2. The van der Waals surface area contributed by atoms with Crippen molar-refractivity contribution in [3.8, 4) is 11.4 Å². The quantitative estimate of drug-likeness (QED) is 0.410. The number of hydrogen-bond donors (Lipinski definition) is 0. The third-order valence-electron chi connectivity index (χ3n) is 4.55. The van der Waals surface area contributed by atoms with E-state index in [2.05, 4.69) is 10.2 Å². The Kier molecular flexibility index (Phi) is 5.90. The molecule has 0 fully saturated rings. The molecule has 5 nitrogen and oxygen atoms in total. The van der Waals surface area contributed by atoms with Gasteiger partial charge in [0.15, 0.2) is 11.0 Å². The second-order valence-corrected chi connectivity index (χ2v) is 7.48. The van der Waals surface area contributed by atoms with Crippen LogP contribution in [0.5, 0.6) is 0 Å². The molecule has 30 heavy (non-hydrogen) atoms. The minimum absolute atomic E-state index is 0.0900. The number of aromatic nitrogens is 3. The fraction of sp³-hybridized carbons (Fsp3) is 0.0870. The fourth-order valence-corrected chi connectivity index (χ4v) is 3.86. The summed E-state index contributed by atoms with van der Waals surface area (Å²) in [6, 6.07) is 25.4. The zero-order valence-corrected chi connectivity index (χ0v) is 17.1. The maximum absolute atomic E-state index is 14.1. The molecule has 0 spiro atoms. The lowest BCUT2D eigenvalue weighted by Gasteiger charge is -2.22. The van der Waals surface area contributed by atoms with E-state index < -0.39 is 0 Å². The maximum Gasteiger partial charge on any atom is 0.242 e. The van der Waals surface area contributed by atoms with Crippen molar-refractivity contribution in [1.29, 1.82) is 0 Å². The highest BCUT2D eigenvalue weighted by Gasteiger charge is 2.20. The van der Waals surface area contributed by atoms with E-state index in [-0.39, 0.29) is 17.5 Å². The van der Waals surface area contributed by atoms with Crippen LogP contribution in [0.4, 0.5) is 15.8 Å². The molecular weight excluding hydrogens is 399 g/mol. The third-order valence-corrected chi connectivity index (χ3v) is 5.56. The molecule has 0 N–H and O–H groups in total. The van der Waals surface area contributed by atoms with E-state index in [4.69, 9.17) is 0 Å². The first-order valence-corrected chi connectivity index (χ1v) is 10.3. The van der Waals surface area contributed by atoms with Crippen LogP contribution in [0.25, 0.3) is 11.4 Å². The average Bonchev–Trinajstić information content (AvgIpc) is 3.14. The molecule has 0 atom stereocenters. The van der Waals surface area contributed by atoms with Crippen molar-refractivity contribution >= 4 is 29.0 Å². The van der Waals surface area contributed by atoms with Crippen LogP contribution in [0.1, 0.15) is 0 Å². The number of carbonyl (C=O) groups excluding carboxylic acids is 1. The molecule has 1 aromatic heterocycles. The van der Waals surface area contributed by atoms with E-state index in [1.54, 1.807) is 34.7 Å². The van der Waals surface area contributed by atoms with Gasteiger partial charge in [0.05, 0.1) is 11.3 Å². The Morgan fingerprint density at radius 3 is 2.07 bits per heavy atom. The minimum Gasteiger partial charge on any atom is -0.305 e. The first-order chi connectivity index (χ1) is 14.6. The van der Waals surface area contributed by atoms with Gasteiger partial charge in [0.1, 0.15) is 5.82 Å². The molecule has 3 aromatic carbocycles. The molecule has 0 bridgehead atoms. The molecule has 7 heteroatoms. The van der Waals surface area contributed by atoms with Gasteiger partial charge in [0, 0.05) is 18.4 Å². The van der Waals surface area contributed by atoms with Crippen LogP contribution in [0.15, 0.2) is 90.1 Å². The molecule has 0 aliphatic heterocycles. The van der Waals surface area contributed by atoms with E-state index in [9.17, 15) is 9.18 Å².